The van der Waals surface area contributed by atoms with Gasteiger partial charge in [0, 0.05) is 13.1 Å². The molecule has 3 nitrogen and oxygen atoms in total. The van der Waals surface area contributed by atoms with Crippen molar-refractivity contribution >= 4 is 17.5 Å². The lowest BCUT2D eigenvalue weighted by Crippen LogP contribution is -2.24. The molecule has 1 N–H and O–H groups in total. The predicted molar refractivity (Wildman–Crippen MR) is 56.5 cm³/mol. The number of nitrogens with zero attached hydrogens (tertiary/aromatic N) is 1. The second-order valence-corrected chi connectivity index (χ2v) is 3.92. The number of hydrogen-bond donors (Lipinski definition) is 1. The summed E-state index contributed by atoms with van der Waals surface area (Å²) in [4.78, 5) is 14.4. The van der Waals surface area contributed by atoms with Gasteiger partial charge in [0.05, 0.1) is 22.3 Å². The third kappa shape index (κ3) is 3.59. The third-order valence-corrected chi connectivity index (χ3v) is 2.33. The average molecular weight is 267 g/mol. The Kier molecular flexibility index (Phi) is 3.98. The molecule has 0 aromatic carbocycles. The molecule has 1 aromatic heterocycles. The molecule has 1 atom stereocenters. The molecule has 7 heteroatoms. The summed E-state index contributed by atoms with van der Waals surface area (Å²) in [7, 11) is 0. The molecule has 1 unspecified atom stereocenters. The van der Waals surface area contributed by atoms with Crippen molar-refractivity contribution in [3.63, 3.8) is 0 Å². The number of nitrogens with one attached hydrogen (secondary N) is 1. The van der Waals surface area contributed by atoms with Crippen molar-refractivity contribution in [1.82, 2.24) is 10.3 Å². The number of carbonyl (C=O) groups excluding carboxylic acids is 1. The number of carbonyl (C=O) groups is 1. The largest absolute Gasteiger partial charge is 0.417 e. The van der Waals surface area contributed by atoms with Crippen LogP contribution in [-0.2, 0) is 11.0 Å². The Labute approximate surface area is 101 Å². The van der Waals surface area contributed by atoms with Crippen molar-refractivity contribution in [3.05, 3.63) is 28.5 Å². The normalized spacial score (nSPS) is 13.3. The van der Waals surface area contributed by atoms with E-state index in [1.165, 1.54) is 6.92 Å². The number of rotatable bonds is 2. The van der Waals surface area contributed by atoms with Gasteiger partial charge in [-0.05, 0) is 13.0 Å². The SMILES string of the molecule is CC(=O)NC(C)c1ncc(C(F)(F)F)cc1Cl. The van der Waals surface area contributed by atoms with Gasteiger partial charge in [-0.25, -0.2) is 0 Å². The van der Waals surface area contributed by atoms with E-state index in [2.05, 4.69) is 10.3 Å². The third-order valence-electron chi connectivity index (χ3n) is 2.03. The predicted octanol–water partition coefficient (Wildman–Crippen LogP) is 2.95. The molecule has 0 spiro atoms. The van der Waals surface area contributed by atoms with E-state index in [9.17, 15) is 18.0 Å². The summed E-state index contributed by atoms with van der Waals surface area (Å²) < 4.78 is 37.0. The Hall–Kier alpha value is -1.30. The van der Waals surface area contributed by atoms with Gasteiger partial charge in [0.15, 0.2) is 0 Å². The molecular weight excluding hydrogens is 257 g/mol. The van der Waals surface area contributed by atoms with E-state index in [-0.39, 0.29) is 16.6 Å². The summed E-state index contributed by atoms with van der Waals surface area (Å²) in [5.41, 5.74) is -0.712. The first-order valence-corrected chi connectivity index (χ1v) is 5.09. The molecule has 0 saturated carbocycles. The van der Waals surface area contributed by atoms with Gasteiger partial charge in [-0.3, -0.25) is 9.78 Å². The van der Waals surface area contributed by atoms with Crippen molar-refractivity contribution in [2.24, 2.45) is 0 Å². The summed E-state index contributed by atoms with van der Waals surface area (Å²) in [5.74, 6) is -0.310. The number of alkyl halides is 3. The smallest absolute Gasteiger partial charge is 0.348 e. The molecule has 17 heavy (non-hydrogen) atoms. The Balaban J connectivity index is 3.02. The highest BCUT2D eigenvalue weighted by molar-refractivity contribution is 6.31. The number of amides is 1. The lowest BCUT2D eigenvalue weighted by atomic mass is 10.1. The Morgan fingerprint density at radius 1 is 1.53 bits per heavy atom. The van der Waals surface area contributed by atoms with Crippen molar-refractivity contribution < 1.29 is 18.0 Å². The summed E-state index contributed by atoms with van der Waals surface area (Å²) in [5, 5.41) is 2.37. The standard InChI is InChI=1S/C10H10ClF3N2O/c1-5(16-6(2)17)9-8(11)3-7(4-15-9)10(12,13)14/h3-5H,1-2H3,(H,16,17). The van der Waals surface area contributed by atoms with Crippen LogP contribution >= 0.6 is 11.6 Å². The Morgan fingerprint density at radius 2 is 2.12 bits per heavy atom. The minimum atomic E-state index is -4.48. The van der Waals surface area contributed by atoms with Gasteiger partial charge < -0.3 is 5.32 Å². The molecular formula is C10H10ClF3N2O. The maximum Gasteiger partial charge on any atom is 0.417 e. The molecule has 0 saturated heterocycles. The molecule has 94 valence electrons. The minimum absolute atomic E-state index is 0.124. The number of halogens is 4. The van der Waals surface area contributed by atoms with Crippen LogP contribution in [0.15, 0.2) is 12.3 Å². The van der Waals surface area contributed by atoms with Crippen LogP contribution in [0.3, 0.4) is 0 Å². The molecule has 0 aliphatic rings. The van der Waals surface area contributed by atoms with Crippen LogP contribution < -0.4 is 5.32 Å². The molecule has 0 aliphatic carbocycles. The summed E-state index contributed by atoms with van der Waals surface area (Å²) in [6.07, 6.45) is -3.79. The van der Waals surface area contributed by atoms with Crippen LogP contribution in [-0.4, -0.2) is 10.9 Å². The van der Waals surface area contributed by atoms with E-state index in [4.69, 9.17) is 11.6 Å². The molecule has 0 aliphatic heterocycles. The van der Waals surface area contributed by atoms with Crippen molar-refractivity contribution in [1.29, 1.82) is 0 Å². The highest BCUT2D eigenvalue weighted by Gasteiger charge is 2.31. The van der Waals surface area contributed by atoms with Crippen LogP contribution in [0.25, 0.3) is 0 Å². The van der Waals surface area contributed by atoms with E-state index in [0.717, 1.165) is 6.07 Å². The first-order chi connectivity index (χ1) is 7.71. The lowest BCUT2D eigenvalue weighted by Gasteiger charge is -2.15. The van der Waals surface area contributed by atoms with Gasteiger partial charge in [-0.15, -0.1) is 0 Å². The molecule has 1 rings (SSSR count). The van der Waals surface area contributed by atoms with Crippen LogP contribution in [0.2, 0.25) is 5.02 Å². The number of aromatic nitrogens is 1. The van der Waals surface area contributed by atoms with Crippen LogP contribution in [0.4, 0.5) is 13.2 Å². The molecule has 0 fully saturated rings. The summed E-state index contributed by atoms with van der Waals surface area (Å²) in [6, 6.07) is 0.254. The topological polar surface area (TPSA) is 42.0 Å². The fraction of sp³-hybridized carbons (Fsp3) is 0.400. The van der Waals surface area contributed by atoms with Gasteiger partial charge in [-0.1, -0.05) is 11.6 Å². The fourth-order valence-electron chi connectivity index (χ4n) is 1.30. The lowest BCUT2D eigenvalue weighted by molar-refractivity contribution is -0.137. The maximum absolute atomic E-state index is 12.3. The Bertz CT molecular complexity index is 434. The first kappa shape index (κ1) is 13.8. The zero-order valence-electron chi connectivity index (χ0n) is 9.10. The average Bonchev–Trinajstić information content (AvgIpc) is 2.14. The van der Waals surface area contributed by atoms with Crippen molar-refractivity contribution in [3.8, 4) is 0 Å². The molecule has 0 radical (unpaired) electrons. The summed E-state index contributed by atoms with van der Waals surface area (Å²) >= 11 is 5.70. The van der Waals surface area contributed by atoms with Crippen LogP contribution in [0.1, 0.15) is 31.1 Å². The zero-order valence-corrected chi connectivity index (χ0v) is 9.86. The maximum atomic E-state index is 12.3. The first-order valence-electron chi connectivity index (χ1n) is 4.71. The van der Waals surface area contributed by atoms with E-state index in [1.807, 2.05) is 0 Å². The monoisotopic (exact) mass is 266 g/mol. The quantitative estimate of drug-likeness (QED) is 0.894. The van der Waals surface area contributed by atoms with E-state index >= 15 is 0 Å². The van der Waals surface area contributed by atoms with Crippen molar-refractivity contribution in [2.75, 3.05) is 0 Å². The van der Waals surface area contributed by atoms with E-state index < -0.39 is 17.8 Å². The van der Waals surface area contributed by atoms with Gasteiger partial charge in [0.25, 0.3) is 0 Å². The highest BCUT2D eigenvalue weighted by atomic mass is 35.5. The summed E-state index contributed by atoms with van der Waals surface area (Å²) in [6.45, 7) is 2.89. The minimum Gasteiger partial charge on any atom is -0.348 e. The van der Waals surface area contributed by atoms with Gasteiger partial charge in [0.1, 0.15) is 0 Å². The van der Waals surface area contributed by atoms with Crippen LogP contribution in [0, 0.1) is 0 Å². The Morgan fingerprint density at radius 3 is 2.53 bits per heavy atom. The number of pyridine rings is 1. The molecule has 1 heterocycles. The second kappa shape index (κ2) is 4.91. The van der Waals surface area contributed by atoms with Gasteiger partial charge in [-0.2, -0.15) is 13.2 Å². The van der Waals surface area contributed by atoms with Crippen LogP contribution in [0.5, 0.6) is 0 Å². The highest BCUT2D eigenvalue weighted by Crippen LogP contribution is 2.32. The second-order valence-electron chi connectivity index (χ2n) is 3.51. The fourth-order valence-corrected chi connectivity index (χ4v) is 1.63. The van der Waals surface area contributed by atoms with Gasteiger partial charge >= 0.3 is 6.18 Å². The molecule has 0 bridgehead atoms. The van der Waals surface area contributed by atoms with Gasteiger partial charge in [0.2, 0.25) is 5.91 Å². The zero-order chi connectivity index (χ0) is 13.2. The van der Waals surface area contributed by atoms with E-state index in [0.29, 0.717) is 6.20 Å². The molecule has 1 aromatic rings. The van der Waals surface area contributed by atoms with Crippen molar-refractivity contribution in [2.45, 2.75) is 26.1 Å². The number of hydrogen-bond acceptors (Lipinski definition) is 2. The van der Waals surface area contributed by atoms with E-state index in [1.54, 1.807) is 6.92 Å². The molecule has 1 amide bonds.